The number of rotatable bonds is 2. The van der Waals surface area contributed by atoms with Crippen LogP contribution in [0.15, 0.2) is 24.3 Å². The Morgan fingerprint density at radius 1 is 1.47 bits per heavy atom. The molecule has 1 N–H and O–H groups in total. The van der Waals surface area contributed by atoms with Crippen LogP contribution in [0.25, 0.3) is 5.57 Å². The fourth-order valence-electron chi connectivity index (χ4n) is 2.08. The van der Waals surface area contributed by atoms with E-state index in [1.54, 1.807) is 6.07 Å². The zero-order chi connectivity index (χ0) is 14.0. The monoisotopic (exact) mass is 272 g/mol. The number of nitriles is 1. The Morgan fingerprint density at radius 2 is 2.21 bits per heavy atom. The lowest BCUT2D eigenvalue weighted by Crippen LogP contribution is -2.32. The fraction of sp³-hybridized carbons (Fsp3) is 0.333. The molecule has 4 heteroatoms. The molecular weight excluding hydrogens is 256 g/mol. The third-order valence-corrected chi connectivity index (χ3v) is 3.21. The molecule has 0 aliphatic carbocycles. The van der Waals surface area contributed by atoms with Gasteiger partial charge in [0.25, 0.3) is 0 Å². The summed E-state index contributed by atoms with van der Waals surface area (Å²) < 4.78 is 5.90. The number of ether oxygens (including phenoxy) is 1. The zero-order valence-corrected chi connectivity index (χ0v) is 12.1. The molecule has 0 bridgehead atoms. The molecule has 0 unspecified atom stereocenters. The van der Waals surface area contributed by atoms with Crippen LogP contribution >= 0.6 is 12.2 Å². The summed E-state index contributed by atoms with van der Waals surface area (Å²) in [5.41, 5.74) is 2.01. The molecule has 0 amide bonds. The van der Waals surface area contributed by atoms with Crippen molar-refractivity contribution in [3.63, 3.8) is 0 Å². The molecule has 1 heterocycles. The van der Waals surface area contributed by atoms with E-state index in [0.717, 1.165) is 23.4 Å². The fourth-order valence-corrected chi connectivity index (χ4v) is 2.39. The van der Waals surface area contributed by atoms with Gasteiger partial charge in [-0.1, -0.05) is 12.2 Å². The van der Waals surface area contributed by atoms with E-state index in [9.17, 15) is 0 Å². The van der Waals surface area contributed by atoms with Crippen LogP contribution in [0.4, 0.5) is 0 Å². The topological polar surface area (TPSA) is 45.0 Å². The molecule has 1 aliphatic rings. The van der Waals surface area contributed by atoms with Crippen molar-refractivity contribution in [1.82, 2.24) is 5.32 Å². The summed E-state index contributed by atoms with van der Waals surface area (Å²) in [6.07, 6.45) is 2.00. The summed E-state index contributed by atoms with van der Waals surface area (Å²) in [4.78, 5) is 0.690. The van der Waals surface area contributed by atoms with E-state index in [1.165, 1.54) is 0 Å². The Labute approximate surface area is 118 Å². The van der Waals surface area contributed by atoms with Gasteiger partial charge in [0.2, 0.25) is 0 Å². The standard InChI is InChI=1S/C15H16N2OS/c1-4-17-14(19)12-8-15(2,3)18-13-6-5-10(9-16)7-11(12)13/h5-8H,4H2,1-3H3,(H,17,19). The first-order chi connectivity index (χ1) is 8.96. The van der Waals surface area contributed by atoms with E-state index < -0.39 is 5.60 Å². The molecule has 0 aromatic heterocycles. The maximum atomic E-state index is 9.01. The average Bonchev–Trinajstić information content (AvgIpc) is 2.36. The number of nitrogens with one attached hydrogen (secondary N) is 1. The average molecular weight is 272 g/mol. The highest BCUT2D eigenvalue weighted by molar-refractivity contribution is 7.81. The van der Waals surface area contributed by atoms with Crippen molar-refractivity contribution in [1.29, 1.82) is 5.26 Å². The molecule has 2 rings (SSSR count). The summed E-state index contributed by atoms with van der Waals surface area (Å²) in [6.45, 7) is 6.75. The largest absolute Gasteiger partial charge is 0.483 e. The number of likely N-dealkylation sites (N-methyl/N-ethyl adjacent to an activating group) is 1. The van der Waals surface area contributed by atoms with Gasteiger partial charge in [-0.3, -0.25) is 0 Å². The Kier molecular flexibility index (Phi) is 3.59. The lowest BCUT2D eigenvalue weighted by molar-refractivity contribution is 0.158. The van der Waals surface area contributed by atoms with Crippen molar-refractivity contribution in [3.8, 4) is 11.8 Å². The van der Waals surface area contributed by atoms with Crippen LogP contribution in [0.5, 0.6) is 5.75 Å². The number of hydrogen-bond donors (Lipinski definition) is 1. The molecular formula is C15H16N2OS. The first-order valence-electron chi connectivity index (χ1n) is 6.21. The zero-order valence-electron chi connectivity index (χ0n) is 11.3. The number of thiocarbonyl (C=S) groups is 1. The quantitative estimate of drug-likeness (QED) is 0.840. The van der Waals surface area contributed by atoms with Crippen LogP contribution in [-0.4, -0.2) is 17.1 Å². The van der Waals surface area contributed by atoms with Crippen molar-refractivity contribution < 1.29 is 4.74 Å². The summed E-state index contributed by atoms with van der Waals surface area (Å²) in [6, 6.07) is 7.55. The highest BCUT2D eigenvalue weighted by Gasteiger charge is 2.28. The second kappa shape index (κ2) is 5.02. The molecule has 1 aliphatic heterocycles. The van der Waals surface area contributed by atoms with Crippen LogP contribution in [0.3, 0.4) is 0 Å². The first kappa shape index (κ1) is 13.6. The lowest BCUT2D eigenvalue weighted by atomic mass is 9.93. The van der Waals surface area contributed by atoms with Gasteiger partial charge in [-0.05, 0) is 45.0 Å². The van der Waals surface area contributed by atoms with E-state index >= 15 is 0 Å². The lowest BCUT2D eigenvalue weighted by Gasteiger charge is -2.31. The Bertz CT molecular complexity index is 597. The maximum absolute atomic E-state index is 9.01. The van der Waals surface area contributed by atoms with Gasteiger partial charge in [0.15, 0.2) is 0 Å². The van der Waals surface area contributed by atoms with Gasteiger partial charge in [-0.15, -0.1) is 0 Å². The third-order valence-electron chi connectivity index (χ3n) is 2.85. The Hall–Kier alpha value is -1.86. The highest BCUT2D eigenvalue weighted by atomic mass is 32.1. The van der Waals surface area contributed by atoms with Gasteiger partial charge >= 0.3 is 0 Å². The van der Waals surface area contributed by atoms with Gasteiger partial charge in [-0.25, -0.2) is 0 Å². The number of benzene rings is 1. The summed E-state index contributed by atoms with van der Waals surface area (Å²) in [7, 11) is 0. The predicted molar refractivity (Wildman–Crippen MR) is 80.1 cm³/mol. The molecule has 3 nitrogen and oxygen atoms in total. The van der Waals surface area contributed by atoms with Crippen LogP contribution in [0.1, 0.15) is 31.9 Å². The molecule has 0 saturated carbocycles. The Morgan fingerprint density at radius 3 is 2.84 bits per heavy atom. The van der Waals surface area contributed by atoms with E-state index in [1.807, 2.05) is 39.0 Å². The van der Waals surface area contributed by atoms with E-state index in [-0.39, 0.29) is 0 Å². The van der Waals surface area contributed by atoms with Crippen molar-refractivity contribution in [3.05, 3.63) is 35.4 Å². The van der Waals surface area contributed by atoms with Crippen molar-refractivity contribution in [2.75, 3.05) is 6.54 Å². The molecule has 1 aromatic carbocycles. The van der Waals surface area contributed by atoms with E-state index in [4.69, 9.17) is 22.2 Å². The molecule has 1 aromatic rings. The molecule has 98 valence electrons. The van der Waals surface area contributed by atoms with Gasteiger partial charge in [0.1, 0.15) is 16.3 Å². The van der Waals surface area contributed by atoms with Gasteiger partial charge in [0.05, 0.1) is 11.6 Å². The second-order valence-corrected chi connectivity index (χ2v) is 5.35. The smallest absolute Gasteiger partial charge is 0.128 e. The first-order valence-corrected chi connectivity index (χ1v) is 6.62. The van der Waals surface area contributed by atoms with Crippen LogP contribution in [0.2, 0.25) is 0 Å². The second-order valence-electron chi connectivity index (χ2n) is 4.95. The number of nitrogens with zero attached hydrogens (tertiary/aromatic N) is 1. The minimum Gasteiger partial charge on any atom is -0.483 e. The van der Waals surface area contributed by atoms with Crippen molar-refractivity contribution >= 4 is 22.8 Å². The van der Waals surface area contributed by atoms with Crippen LogP contribution in [-0.2, 0) is 0 Å². The molecule has 19 heavy (non-hydrogen) atoms. The van der Waals surface area contributed by atoms with E-state index in [0.29, 0.717) is 10.6 Å². The summed E-state index contributed by atoms with van der Waals surface area (Å²) in [5.74, 6) is 0.766. The normalized spacial score (nSPS) is 15.6. The minimum absolute atomic E-state index is 0.407. The van der Waals surface area contributed by atoms with Crippen LogP contribution in [0, 0.1) is 11.3 Å². The van der Waals surface area contributed by atoms with Crippen LogP contribution < -0.4 is 10.1 Å². The van der Waals surface area contributed by atoms with E-state index in [2.05, 4.69) is 11.4 Å². The number of fused-ring (bicyclic) bond motifs is 1. The van der Waals surface area contributed by atoms with Gasteiger partial charge in [-0.2, -0.15) is 5.26 Å². The molecule has 0 spiro atoms. The predicted octanol–water partition coefficient (Wildman–Crippen LogP) is 3.05. The maximum Gasteiger partial charge on any atom is 0.128 e. The van der Waals surface area contributed by atoms with Gasteiger partial charge in [0, 0.05) is 17.7 Å². The minimum atomic E-state index is -0.407. The van der Waals surface area contributed by atoms with Crippen molar-refractivity contribution in [2.24, 2.45) is 0 Å². The molecule has 0 saturated heterocycles. The SMILES string of the molecule is CCNC(=S)C1=CC(C)(C)Oc2ccc(C#N)cc21. The number of hydrogen-bond acceptors (Lipinski definition) is 3. The molecule has 0 radical (unpaired) electrons. The molecule has 0 atom stereocenters. The third kappa shape index (κ3) is 2.77. The Balaban J connectivity index is 2.54. The van der Waals surface area contributed by atoms with Gasteiger partial charge < -0.3 is 10.1 Å². The summed E-state index contributed by atoms with van der Waals surface area (Å²) >= 11 is 5.41. The molecule has 0 fully saturated rings. The summed E-state index contributed by atoms with van der Waals surface area (Å²) in [5, 5.41) is 12.2. The highest BCUT2D eigenvalue weighted by Crippen LogP contribution is 2.36. The van der Waals surface area contributed by atoms with Crippen molar-refractivity contribution in [2.45, 2.75) is 26.4 Å².